The summed E-state index contributed by atoms with van der Waals surface area (Å²) < 4.78 is 21.8. The fourth-order valence-electron chi connectivity index (χ4n) is 6.41. The molecular weight excluding hydrogens is 592 g/mol. The molecule has 0 fully saturated rings. The van der Waals surface area contributed by atoms with Crippen LogP contribution in [0, 0.1) is 0 Å². The van der Waals surface area contributed by atoms with Gasteiger partial charge in [0.25, 0.3) is 0 Å². The van der Waals surface area contributed by atoms with Gasteiger partial charge in [-0.2, -0.15) is 0 Å². The van der Waals surface area contributed by atoms with Crippen LogP contribution >= 0.6 is 0 Å². The Morgan fingerprint density at radius 1 is 0.723 bits per heavy atom. The van der Waals surface area contributed by atoms with E-state index in [2.05, 4.69) is 24.3 Å². The zero-order chi connectivity index (χ0) is 33.3. The molecule has 0 amide bonds. The maximum atomic E-state index is 12.6. The van der Waals surface area contributed by atoms with Crippen LogP contribution in [-0.4, -0.2) is 45.2 Å². The zero-order valence-electron chi connectivity index (χ0n) is 28.1. The van der Waals surface area contributed by atoms with Crippen LogP contribution < -0.4 is 9.47 Å². The van der Waals surface area contributed by atoms with Crippen molar-refractivity contribution in [2.24, 2.45) is 0 Å². The number of methoxy groups -OCH3 is 2. The number of fused-ring (bicyclic) bond motifs is 1. The summed E-state index contributed by atoms with van der Waals surface area (Å²) in [5.41, 5.74) is 5.77. The Kier molecular flexibility index (Phi) is 14.8. The number of carbonyl (C=O) groups excluding carboxylic acids is 3. The average molecular weight is 643 g/mol. The molecule has 0 saturated heterocycles. The van der Waals surface area contributed by atoms with Crippen molar-refractivity contribution in [2.75, 3.05) is 27.4 Å². The van der Waals surface area contributed by atoms with Crippen molar-refractivity contribution in [3.63, 3.8) is 0 Å². The largest absolute Gasteiger partial charge is 0.494 e. The Balaban J connectivity index is 1.20. The second kappa shape index (κ2) is 19.5. The second-order valence-electron chi connectivity index (χ2n) is 12.3. The van der Waals surface area contributed by atoms with Gasteiger partial charge in [0.1, 0.15) is 11.5 Å². The predicted molar refractivity (Wildman–Crippen MR) is 183 cm³/mol. The lowest BCUT2D eigenvalue weighted by Gasteiger charge is -2.26. The monoisotopic (exact) mass is 642 g/mol. The fourth-order valence-corrected chi connectivity index (χ4v) is 6.41. The first-order chi connectivity index (χ1) is 23.0. The fraction of sp³-hybridized carbons (Fsp3) is 0.475. The van der Waals surface area contributed by atoms with Crippen LogP contribution in [0.3, 0.4) is 0 Å². The summed E-state index contributed by atoms with van der Waals surface area (Å²) >= 11 is 0. The molecule has 0 aliphatic heterocycles. The number of carbonyl (C=O) groups is 3. The molecule has 1 aliphatic rings. The summed E-state index contributed by atoms with van der Waals surface area (Å²) in [6, 6.07) is 22.2. The van der Waals surface area contributed by atoms with Crippen LogP contribution in [-0.2, 0) is 38.3 Å². The van der Waals surface area contributed by atoms with E-state index >= 15 is 0 Å². The lowest BCUT2D eigenvalue weighted by molar-refractivity contribution is -0.141. The molecule has 47 heavy (non-hydrogen) atoms. The number of benzene rings is 3. The van der Waals surface area contributed by atoms with Crippen LogP contribution in [0.1, 0.15) is 109 Å². The minimum Gasteiger partial charge on any atom is -0.494 e. The van der Waals surface area contributed by atoms with E-state index in [0.717, 1.165) is 80.4 Å². The Morgan fingerprint density at radius 2 is 1.49 bits per heavy atom. The van der Waals surface area contributed by atoms with Crippen molar-refractivity contribution in [3.05, 3.63) is 94.5 Å². The Bertz CT molecular complexity index is 1430. The number of ether oxygens (including phenoxy) is 4. The molecule has 252 valence electrons. The molecular formula is C40H50O7. The van der Waals surface area contributed by atoms with Gasteiger partial charge in [-0.15, -0.1) is 0 Å². The summed E-state index contributed by atoms with van der Waals surface area (Å²) in [6.07, 6.45) is 11.6. The van der Waals surface area contributed by atoms with E-state index in [-0.39, 0.29) is 17.7 Å². The van der Waals surface area contributed by atoms with Gasteiger partial charge in [-0.3, -0.25) is 14.4 Å². The molecule has 0 saturated carbocycles. The molecule has 1 atom stereocenters. The molecule has 0 spiro atoms. The van der Waals surface area contributed by atoms with Crippen molar-refractivity contribution in [2.45, 2.75) is 95.8 Å². The Morgan fingerprint density at radius 3 is 2.30 bits per heavy atom. The van der Waals surface area contributed by atoms with Crippen LogP contribution in [0.4, 0.5) is 0 Å². The van der Waals surface area contributed by atoms with E-state index < -0.39 is 0 Å². The van der Waals surface area contributed by atoms with Crippen LogP contribution in [0.15, 0.2) is 66.7 Å². The van der Waals surface area contributed by atoms with E-state index in [1.165, 1.54) is 30.9 Å². The van der Waals surface area contributed by atoms with Crippen molar-refractivity contribution >= 4 is 17.7 Å². The molecule has 7 nitrogen and oxygen atoms in total. The van der Waals surface area contributed by atoms with Gasteiger partial charge in [-0.05, 0) is 104 Å². The minimum atomic E-state index is -0.250. The van der Waals surface area contributed by atoms with Gasteiger partial charge < -0.3 is 18.9 Å². The quantitative estimate of drug-likeness (QED) is 0.0695. The van der Waals surface area contributed by atoms with Gasteiger partial charge >= 0.3 is 11.9 Å². The standard InChI is InChI=1S/C40H50O7/c1-44-39(42)20-12-28-47-38-19-11-17-30(36(38)24-26-40(43)45-2)13-6-3-4-9-27-46-34-22-23-35-31(16-10-18-33(35)29-34)21-25-37(41)32-14-7-5-8-15-32/h5,7-8,11,14-15,17,19,22-23,29,31H,3-4,6,9-10,12-13,16,18,20-21,24-28H2,1-2H3. The third-order valence-corrected chi connectivity index (χ3v) is 9.03. The minimum absolute atomic E-state index is 0.225. The molecule has 0 aromatic heterocycles. The topological polar surface area (TPSA) is 88.1 Å². The number of hydrogen-bond acceptors (Lipinski definition) is 7. The summed E-state index contributed by atoms with van der Waals surface area (Å²) in [7, 11) is 2.79. The summed E-state index contributed by atoms with van der Waals surface area (Å²) in [5, 5.41) is 0. The molecule has 0 radical (unpaired) electrons. The zero-order valence-corrected chi connectivity index (χ0v) is 28.1. The van der Waals surface area contributed by atoms with Crippen molar-refractivity contribution in [1.29, 1.82) is 0 Å². The molecule has 0 N–H and O–H groups in total. The normalized spacial score (nSPS) is 13.8. The highest BCUT2D eigenvalue weighted by atomic mass is 16.5. The molecule has 7 heteroatoms. The number of unbranched alkanes of at least 4 members (excludes halogenated alkanes) is 3. The maximum absolute atomic E-state index is 12.6. The molecule has 3 aromatic carbocycles. The van der Waals surface area contributed by atoms with Gasteiger partial charge in [0.2, 0.25) is 0 Å². The van der Waals surface area contributed by atoms with Gasteiger partial charge in [-0.1, -0.05) is 61.4 Å². The Labute approximate surface area is 280 Å². The highest BCUT2D eigenvalue weighted by Gasteiger charge is 2.22. The van der Waals surface area contributed by atoms with E-state index in [9.17, 15) is 14.4 Å². The first kappa shape index (κ1) is 35.7. The van der Waals surface area contributed by atoms with E-state index in [1.54, 1.807) is 0 Å². The van der Waals surface area contributed by atoms with Crippen LogP contribution in [0.2, 0.25) is 0 Å². The van der Waals surface area contributed by atoms with Gasteiger partial charge in [0.05, 0.1) is 27.4 Å². The number of Topliss-reactive ketones (excluding diaryl/α,β-unsaturated/α-hetero) is 1. The number of esters is 2. The Hall–Kier alpha value is -4.13. The first-order valence-corrected chi connectivity index (χ1v) is 17.2. The summed E-state index contributed by atoms with van der Waals surface area (Å²) in [4.78, 5) is 36.0. The number of rotatable bonds is 20. The molecule has 4 rings (SSSR count). The average Bonchev–Trinajstić information content (AvgIpc) is 3.11. The van der Waals surface area contributed by atoms with Crippen LogP contribution in [0.25, 0.3) is 0 Å². The molecule has 3 aromatic rings. The van der Waals surface area contributed by atoms with Gasteiger partial charge in [-0.25, -0.2) is 0 Å². The first-order valence-electron chi connectivity index (χ1n) is 17.2. The SMILES string of the molecule is COC(=O)CCCOc1cccc(CCCCCCOc2ccc3c(c2)CCCC3CCC(=O)c2ccccc2)c1CCC(=O)OC. The van der Waals surface area contributed by atoms with Gasteiger partial charge in [0, 0.05) is 24.8 Å². The second-order valence-corrected chi connectivity index (χ2v) is 12.3. The molecule has 0 heterocycles. The number of ketones is 1. The maximum Gasteiger partial charge on any atom is 0.305 e. The molecule has 1 aliphatic carbocycles. The van der Waals surface area contributed by atoms with Crippen molar-refractivity contribution < 1.29 is 33.3 Å². The highest BCUT2D eigenvalue weighted by molar-refractivity contribution is 5.96. The van der Waals surface area contributed by atoms with E-state index in [1.807, 2.05) is 42.5 Å². The van der Waals surface area contributed by atoms with E-state index in [0.29, 0.717) is 51.2 Å². The smallest absolute Gasteiger partial charge is 0.305 e. The highest BCUT2D eigenvalue weighted by Crippen LogP contribution is 2.37. The van der Waals surface area contributed by atoms with Crippen molar-refractivity contribution in [1.82, 2.24) is 0 Å². The van der Waals surface area contributed by atoms with E-state index in [4.69, 9.17) is 18.9 Å². The third kappa shape index (κ3) is 11.6. The lowest BCUT2D eigenvalue weighted by atomic mass is 9.80. The predicted octanol–water partition coefficient (Wildman–Crippen LogP) is 8.39. The number of aryl methyl sites for hydroxylation is 2. The van der Waals surface area contributed by atoms with Crippen LogP contribution in [0.5, 0.6) is 11.5 Å². The number of hydrogen-bond donors (Lipinski definition) is 0. The van der Waals surface area contributed by atoms with Gasteiger partial charge in [0.15, 0.2) is 5.78 Å². The van der Waals surface area contributed by atoms with Crippen molar-refractivity contribution in [3.8, 4) is 11.5 Å². The third-order valence-electron chi connectivity index (χ3n) is 9.03. The molecule has 0 bridgehead atoms. The molecule has 1 unspecified atom stereocenters. The summed E-state index contributed by atoms with van der Waals surface area (Å²) in [6.45, 7) is 1.09. The summed E-state index contributed by atoms with van der Waals surface area (Å²) in [5.74, 6) is 1.86. The lowest BCUT2D eigenvalue weighted by Crippen LogP contribution is -2.12.